The normalized spacial score (nSPS) is 13.7. The van der Waals surface area contributed by atoms with E-state index in [2.05, 4.69) is 22.5 Å². The predicted octanol–water partition coefficient (Wildman–Crippen LogP) is 3.65. The molecule has 0 amide bonds. The molecule has 0 aromatic heterocycles. The average molecular weight is 280 g/mol. The number of rotatable bonds is 2. The van der Waals surface area contributed by atoms with E-state index in [1.54, 1.807) is 6.07 Å². The van der Waals surface area contributed by atoms with Gasteiger partial charge in [0.05, 0.1) is 5.56 Å². The summed E-state index contributed by atoms with van der Waals surface area (Å²) in [5.74, 6) is 0. The molecule has 0 fully saturated rings. The molecule has 0 aliphatic heterocycles. The van der Waals surface area contributed by atoms with Gasteiger partial charge in [-0.15, -0.1) is 6.58 Å². The molecule has 15 heavy (non-hydrogen) atoms. The number of hydrogen-bond donors (Lipinski definition) is 1. The molecule has 5 heteroatoms. The van der Waals surface area contributed by atoms with Crippen molar-refractivity contribution < 1.29 is 13.2 Å². The summed E-state index contributed by atoms with van der Waals surface area (Å²) in [6, 6.07) is 2.99. The van der Waals surface area contributed by atoms with Crippen LogP contribution in [0.2, 0.25) is 0 Å². The Balaban J connectivity index is 3.22. The molecule has 0 spiro atoms. The van der Waals surface area contributed by atoms with Crippen LogP contribution >= 0.6 is 15.9 Å². The van der Waals surface area contributed by atoms with Crippen molar-refractivity contribution in [2.75, 3.05) is 0 Å². The lowest BCUT2D eigenvalue weighted by Crippen LogP contribution is -2.10. The van der Waals surface area contributed by atoms with Crippen molar-refractivity contribution in [3.8, 4) is 0 Å². The lowest BCUT2D eigenvalue weighted by Gasteiger charge is -2.12. The lowest BCUT2D eigenvalue weighted by atomic mass is 10.0. The fourth-order valence-electron chi connectivity index (χ4n) is 1.10. The molecule has 1 atom stereocenters. The predicted molar refractivity (Wildman–Crippen MR) is 56.3 cm³/mol. The molecule has 0 heterocycles. The van der Waals surface area contributed by atoms with Gasteiger partial charge in [0.1, 0.15) is 0 Å². The molecule has 2 N–H and O–H groups in total. The highest BCUT2D eigenvalue weighted by Crippen LogP contribution is 2.33. The van der Waals surface area contributed by atoms with Gasteiger partial charge in [0.15, 0.2) is 0 Å². The van der Waals surface area contributed by atoms with Gasteiger partial charge in [-0.25, -0.2) is 0 Å². The first-order valence-electron chi connectivity index (χ1n) is 4.10. The van der Waals surface area contributed by atoms with Crippen molar-refractivity contribution in [3.05, 3.63) is 46.5 Å². The smallest absolute Gasteiger partial charge is 0.321 e. The Kier molecular flexibility index (Phi) is 3.57. The summed E-state index contributed by atoms with van der Waals surface area (Å²) >= 11 is 3.01. The zero-order valence-electron chi connectivity index (χ0n) is 7.68. The summed E-state index contributed by atoms with van der Waals surface area (Å²) < 4.78 is 37.6. The summed E-state index contributed by atoms with van der Waals surface area (Å²) in [5.41, 5.74) is 5.23. The molecule has 0 aliphatic carbocycles. The number of nitrogens with two attached hydrogens (primary N) is 1. The van der Waals surface area contributed by atoms with Crippen molar-refractivity contribution in [1.29, 1.82) is 0 Å². The number of hydrogen-bond acceptors (Lipinski definition) is 1. The van der Waals surface area contributed by atoms with E-state index in [4.69, 9.17) is 5.73 Å². The fourth-order valence-corrected chi connectivity index (χ4v) is 1.62. The highest BCUT2D eigenvalue weighted by Gasteiger charge is 2.31. The number of halogens is 4. The molecule has 1 aromatic carbocycles. The Hall–Kier alpha value is -0.810. The van der Waals surface area contributed by atoms with Gasteiger partial charge in [-0.3, -0.25) is 0 Å². The standard InChI is InChI=1S/C10H9BrF3N/c1-2-9(15)6-3-7(10(12,13)14)5-8(11)4-6/h2-5,9H,1,15H2. The molecule has 1 rings (SSSR count). The fraction of sp³-hybridized carbons (Fsp3) is 0.200. The van der Waals surface area contributed by atoms with Crippen LogP contribution in [0, 0.1) is 0 Å². The van der Waals surface area contributed by atoms with E-state index in [-0.39, 0.29) is 0 Å². The Morgan fingerprint density at radius 2 is 1.93 bits per heavy atom. The van der Waals surface area contributed by atoms with Gasteiger partial charge < -0.3 is 5.73 Å². The largest absolute Gasteiger partial charge is 0.416 e. The first kappa shape index (κ1) is 12.3. The SMILES string of the molecule is C=CC(N)c1cc(Br)cc(C(F)(F)F)c1. The molecule has 1 aromatic rings. The maximum atomic E-state index is 12.4. The zero-order valence-corrected chi connectivity index (χ0v) is 9.27. The Morgan fingerprint density at radius 1 is 1.33 bits per heavy atom. The highest BCUT2D eigenvalue weighted by atomic mass is 79.9. The summed E-state index contributed by atoms with van der Waals surface area (Å²) in [6.45, 7) is 3.44. The van der Waals surface area contributed by atoms with Crippen molar-refractivity contribution in [3.63, 3.8) is 0 Å². The van der Waals surface area contributed by atoms with Crippen LogP contribution in [-0.4, -0.2) is 0 Å². The second-order valence-electron chi connectivity index (χ2n) is 3.03. The first-order valence-corrected chi connectivity index (χ1v) is 4.89. The van der Waals surface area contributed by atoms with E-state index in [0.29, 0.717) is 10.0 Å². The van der Waals surface area contributed by atoms with Crippen LogP contribution in [0.15, 0.2) is 35.3 Å². The van der Waals surface area contributed by atoms with Crippen molar-refractivity contribution in [2.24, 2.45) is 5.73 Å². The second kappa shape index (κ2) is 4.37. The van der Waals surface area contributed by atoms with Crippen molar-refractivity contribution in [1.82, 2.24) is 0 Å². The molecule has 0 radical (unpaired) electrons. The van der Waals surface area contributed by atoms with Crippen LogP contribution < -0.4 is 5.73 Å². The van der Waals surface area contributed by atoms with Gasteiger partial charge in [-0.1, -0.05) is 22.0 Å². The third kappa shape index (κ3) is 3.07. The van der Waals surface area contributed by atoms with Gasteiger partial charge in [0.2, 0.25) is 0 Å². The van der Waals surface area contributed by atoms with Crippen LogP contribution in [0.25, 0.3) is 0 Å². The molecule has 0 saturated heterocycles. The molecule has 1 unspecified atom stereocenters. The molecule has 0 saturated carbocycles. The third-order valence-corrected chi connectivity index (χ3v) is 2.34. The van der Waals surface area contributed by atoms with Gasteiger partial charge in [-0.05, 0) is 23.8 Å². The van der Waals surface area contributed by atoms with E-state index < -0.39 is 17.8 Å². The van der Waals surface area contributed by atoms with Crippen molar-refractivity contribution in [2.45, 2.75) is 12.2 Å². The summed E-state index contributed by atoms with van der Waals surface area (Å²) in [4.78, 5) is 0. The number of benzene rings is 1. The van der Waals surface area contributed by atoms with E-state index >= 15 is 0 Å². The molecule has 82 valence electrons. The van der Waals surface area contributed by atoms with E-state index in [1.807, 2.05) is 0 Å². The van der Waals surface area contributed by atoms with Crippen molar-refractivity contribution >= 4 is 15.9 Å². The summed E-state index contributed by atoms with van der Waals surface area (Å²) in [6.07, 6.45) is -2.97. The molecular formula is C10H9BrF3N. The monoisotopic (exact) mass is 279 g/mol. The number of alkyl halides is 3. The van der Waals surface area contributed by atoms with E-state index in [9.17, 15) is 13.2 Å². The van der Waals surface area contributed by atoms with Gasteiger partial charge in [0.25, 0.3) is 0 Å². The average Bonchev–Trinajstić information content (AvgIpc) is 2.14. The first-order chi connectivity index (χ1) is 6.84. The summed E-state index contributed by atoms with van der Waals surface area (Å²) in [7, 11) is 0. The minimum atomic E-state index is -4.36. The van der Waals surface area contributed by atoms with E-state index in [0.717, 1.165) is 12.1 Å². The van der Waals surface area contributed by atoms with Crippen LogP contribution in [0.3, 0.4) is 0 Å². The minimum Gasteiger partial charge on any atom is -0.321 e. The molecule has 1 nitrogen and oxygen atoms in total. The van der Waals surface area contributed by atoms with Crippen LogP contribution in [0.1, 0.15) is 17.2 Å². The van der Waals surface area contributed by atoms with Gasteiger partial charge in [0, 0.05) is 10.5 Å². The zero-order chi connectivity index (χ0) is 11.6. The van der Waals surface area contributed by atoms with Crippen LogP contribution in [-0.2, 0) is 6.18 Å². The topological polar surface area (TPSA) is 26.0 Å². The Labute approximate surface area is 93.9 Å². The Bertz CT molecular complexity index is 373. The quantitative estimate of drug-likeness (QED) is 0.822. The third-order valence-electron chi connectivity index (χ3n) is 1.89. The van der Waals surface area contributed by atoms with Crippen LogP contribution in [0.4, 0.5) is 13.2 Å². The maximum Gasteiger partial charge on any atom is 0.416 e. The molecule has 0 aliphatic rings. The Morgan fingerprint density at radius 3 is 2.40 bits per heavy atom. The van der Waals surface area contributed by atoms with Gasteiger partial charge >= 0.3 is 6.18 Å². The second-order valence-corrected chi connectivity index (χ2v) is 3.95. The summed E-state index contributed by atoms with van der Waals surface area (Å²) in [5, 5.41) is 0. The molecular weight excluding hydrogens is 271 g/mol. The lowest BCUT2D eigenvalue weighted by molar-refractivity contribution is -0.137. The van der Waals surface area contributed by atoms with Gasteiger partial charge in [-0.2, -0.15) is 13.2 Å². The minimum absolute atomic E-state index is 0.352. The molecule has 0 bridgehead atoms. The maximum absolute atomic E-state index is 12.4. The van der Waals surface area contributed by atoms with Crippen LogP contribution in [0.5, 0.6) is 0 Å². The highest BCUT2D eigenvalue weighted by molar-refractivity contribution is 9.10. The van der Waals surface area contributed by atoms with E-state index in [1.165, 1.54) is 6.08 Å².